The van der Waals surface area contributed by atoms with Crippen molar-refractivity contribution in [2.45, 2.75) is 6.61 Å². The van der Waals surface area contributed by atoms with E-state index in [2.05, 4.69) is 15.9 Å². The van der Waals surface area contributed by atoms with Gasteiger partial charge in [0.05, 0.1) is 6.61 Å². The van der Waals surface area contributed by atoms with Gasteiger partial charge in [-0.3, -0.25) is 4.79 Å². The predicted octanol–water partition coefficient (Wildman–Crippen LogP) is 4.50. The maximum atomic E-state index is 11.9. The lowest BCUT2D eigenvalue weighted by Gasteiger charge is -2.05. The number of Topliss-reactive ketones (excluding diaryl/α,β-unsaturated/α-hetero) is 1. The molecule has 2 aromatic rings. The third-order valence-corrected chi connectivity index (χ3v) is 3.51. The van der Waals surface area contributed by atoms with Gasteiger partial charge in [0.1, 0.15) is 6.61 Å². The zero-order chi connectivity index (χ0) is 13.7. The lowest BCUT2D eigenvalue weighted by Crippen LogP contribution is -2.09. The third-order valence-electron chi connectivity index (χ3n) is 2.61. The molecule has 2 nitrogen and oxygen atoms in total. The van der Waals surface area contributed by atoms with E-state index in [4.69, 9.17) is 16.3 Å². The van der Waals surface area contributed by atoms with Crippen molar-refractivity contribution in [3.63, 3.8) is 0 Å². The summed E-state index contributed by atoms with van der Waals surface area (Å²) in [4.78, 5) is 11.9. The molecule has 0 fully saturated rings. The highest BCUT2D eigenvalue weighted by atomic mass is 79.9. The van der Waals surface area contributed by atoms with Crippen LogP contribution in [0.25, 0.3) is 0 Å². The molecule has 0 saturated heterocycles. The van der Waals surface area contributed by atoms with Gasteiger partial charge in [0.15, 0.2) is 5.78 Å². The van der Waals surface area contributed by atoms with Crippen LogP contribution in [0.2, 0.25) is 5.02 Å². The Morgan fingerprint density at radius 1 is 1.11 bits per heavy atom. The van der Waals surface area contributed by atoms with Crippen LogP contribution >= 0.6 is 27.5 Å². The van der Waals surface area contributed by atoms with Gasteiger partial charge in [-0.2, -0.15) is 0 Å². The Morgan fingerprint density at radius 2 is 1.79 bits per heavy atom. The van der Waals surface area contributed by atoms with Crippen LogP contribution in [-0.4, -0.2) is 12.4 Å². The van der Waals surface area contributed by atoms with Crippen molar-refractivity contribution in [1.82, 2.24) is 0 Å². The second kappa shape index (κ2) is 6.85. The first-order valence-corrected chi connectivity index (χ1v) is 6.94. The van der Waals surface area contributed by atoms with E-state index in [1.165, 1.54) is 0 Å². The van der Waals surface area contributed by atoms with E-state index in [0.717, 1.165) is 10.0 Å². The summed E-state index contributed by atoms with van der Waals surface area (Å²) in [5.41, 5.74) is 1.52. The molecule has 2 aromatic carbocycles. The normalized spacial score (nSPS) is 10.4. The monoisotopic (exact) mass is 338 g/mol. The number of hydrogen-bond acceptors (Lipinski definition) is 2. The number of carbonyl (C=O) groups excluding carboxylic acids is 1. The van der Waals surface area contributed by atoms with Gasteiger partial charge in [-0.1, -0.05) is 57.9 Å². The van der Waals surface area contributed by atoms with Gasteiger partial charge < -0.3 is 4.74 Å². The molecule has 4 heteroatoms. The molecule has 0 amide bonds. The van der Waals surface area contributed by atoms with Crippen molar-refractivity contribution in [3.05, 3.63) is 69.2 Å². The van der Waals surface area contributed by atoms with E-state index in [9.17, 15) is 4.79 Å². The molecule has 0 aliphatic heterocycles. The highest BCUT2D eigenvalue weighted by Gasteiger charge is 2.06. The number of benzene rings is 2. The fraction of sp³-hybridized carbons (Fsp3) is 0.133. The average Bonchev–Trinajstić information content (AvgIpc) is 2.41. The van der Waals surface area contributed by atoms with E-state index in [1.807, 2.05) is 30.3 Å². The molecular formula is C15H12BrClO2. The molecule has 98 valence electrons. The molecule has 19 heavy (non-hydrogen) atoms. The number of ether oxygens (including phenoxy) is 1. The molecule has 0 heterocycles. The van der Waals surface area contributed by atoms with Gasteiger partial charge in [0, 0.05) is 15.1 Å². The molecule has 0 saturated carbocycles. The van der Waals surface area contributed by atoms with Crippen LogP contribution in [0.1, 0.15) is 15.9 Å². The van der Waals surface area contributed by atoms with Crippen LogP contribution in [-0.2, 0) is 11.3 Å². The topological polar surface area (TPSA) is 26.3 Å². The first-order chi connectivity index (χ1) is 9.16. The summed E-state index contributed by atoms with van der Waals surface area (Å²) in [5.74, 6) is -0.0421. The summed E-state index contributed by atoms with van der Waals surface area (Å²) in [7, 11) is 0. The van der Waals surface area contributed by atoms with Crippen molar-refractivity contribution in [2.24, 2.45) is 0 Å². The smallest absolute Gasteiger partial charge is 0.188 e. The molecule has 0 atom stereocenters. The molecule has 0 aliphatic rings. The van der Waals surface area contributed by atoms with E-state index in [1.54, 1.807) is 18.2 Å². The standard InChI is InChI=1S/C15H12BrClO2/c16-13-7-5-11(6-8-13)15(18)10-19-9-12-3-1-2-4-14(12)17/h1-8H,9-10H2. The summed E-state index contributed by atoms with van der Waals surface area (Å²) < 4.78 is 6.35. The van der Waals surface area contributed by atoms with Crippen LogP contribution in [0.3, 0.4) is 0 Å². The average molecular weight is 340 g/mol. The van der Waals surface area contributed by atoms with Crippen LogP contribution in [0.4, 0.5) is 0 Å². The third kappa shape index (κ3) is 4.16. The van der Waals surface area contributed by atoms with Crippen molar-refractivity contribution >= 4 is 33.3 Å². The van der Waals surface area contributed by atoms with Crippen molar-refractivity contribution in [1.29, 1.82) is 0 Å². The second-order valence-corrected chi connectivity index (χ2v) is 5.34. The Morgan fingerprint density at radius 3 is 2.47 bits per heavy atom. The Labute approximate surface area is 125 Å². The minimum absolute atomic E-state index is 0.0421. The van der Waals surface area contributed by atoms with Gasteiger partial charge >= 0.3 is 0 Å². The fourth-order valence-corrected chi connectivity index (χ4v) is 2.04. The fourth-order valence-electron chi connectivity index (χ4n) is 1.59. The number of hydrogen-bond donors (Lipinski definition) is 0. The zero-order valence-corrected chi connectivity index (χ0v) is 12.4. The first kappa shape index (κ1) is 14.3. The van der Waals surface area contributed by atoms with Gasteiger partial charge in [-0.05, 0) is 23.8 Å². The molecule has 0 N–H and O–H groups in total. The molecule has 0 spiro atoms. The van der Waals surface area contributed by atoms with Crippen LogP contribution in [0, 0.1) is 0 Å². The van der Waals surface area contributed by atoms with Gasteiger partial charge in [0.25, 0.3) is 0 Å². The summed E-state index contributed by atoms with van der Waals surface area (Å²) in [6.07, 6.45) is 0. The molecule has 0 radical (unpaired) electrons. The molecule has 0 aromatic heterocycles. The number of ketones is 1. The first-order valence-electron chi connectivity index (χ1n) is 5.77. The lowest BCUT2D eigenvalue weighted by molar-refractivity contribution is 0.0726. The van der Waals surface area contributed by atoms with Crippen molar-refractivity contribution in [2.75, 3.05) is 6.61 Å². The minimum atomic E-state index is -0.0421. The maximum Gasteiger partial charge on any atom is 0.188 e. The SMILES string of the molecule is O=C(COCc1ccccc1Cl)c1ccc(Br)cc1. The Hall–Kier alpha value is -1.16. The van der Waals surface area contributed by atoms with Crippen molar-refractivity contribution in [3.8, 4) is 0 Å². The van der Waals surface area contributed by atoms with Crippen molar-refractivity contribution < 1.29 is 9.53 Å². The van der Waals surface area contributed by atoms with Crippen LogP contribution in [0.5, 0.6) is 0 Å². The van der Waals surface area contributed by atoms with E-state index < -0.39 is 0 Å². The number of halogens is 2. The number of carbonyl (C=O) groups is 1. The molecule has 0 bridgehead atoms. The predicted molar refractivity (Wildman–Crippen MR) is 79.6 cm³/mol. The summed E-state index contributed by atoms with van der Waals surface area (Å²) in [6.45, 7) is 0.384. The highest BCUT2D eigenvalue weighted by molar-refractivity contribution is 9.10. The van der Waals surface area contributed by atoms with E-state index in [0.29, 0.717) is 17.2 Å². The van der Waals surface area contributed by atoms with Gasteiger partial charge in [-0.25, -0.2) is 0 Å². The lowest BCUT2D eigenvalue weighted by atomic mass is 10.1. The van der Waals surface area contributed by atoms with E-state index >= 15 is 0 Å². The Bertz CT molecular complexity index is 567. The summed E-state index contributed by atoms with van der Waals surface area (Å²) >= 11 is 9.33. The van der Waals surface area contributed by atoms with Gasteiger partial charge in [-0.15, -0.1) is 0 Å². The summed E-state index contributed by atoms with van der Waals surface area (Å²) in [6, 6.07) is 14.6. The largest absolute Gasteiger partial charge is 0.369 e. The molecule has 0 aliphatic carbocycles. The molecule has 0 unspecified atom stereocenters. The van der Waals surface area contributed by atoms with Crippen LogP contribution in [0.15, 0.2) is 53.0 Å². The van der Waals surface area contributed by atoms with E-state index in [-0.39, 0.29) is 12.4 Å². The maximum absolute atomic E-state index is 11.9. The Kier molecular flexibility index (Phi) is 5.14. The number of rotatable bonds is 5. The minimum Gasteiger partial charge on any atom is -0.369 e. The molecular weight excluding hydrogens is 328 g/mol. The van der Waals surface area contributed by atoms with Crippen LogP contribution < -0.4 is 0 Å². The molecule has 2 rings (SSSR count). The quantitative estimate of drug-likeness (QED) is 0.750. The second-order valence-electron chi connectivity index (χ2n) is 4.01. The summed E-state index contributed by atoms with van der Waals surface area (Å²) in [5, 5.41) is 0.651. The van der Waals surface area contributed by atoms with Gasteiger partial charge in [0.2, 0.25) is 0 Å². The zero-order valence-electron chi connectivity index (χ0n) is 10.1. The highest BCUT2D eigenvalue weighted by Crippen LogP contribution is 2.16. The Balaban J connectivity index is 1.88.